The largest absolute Gasteiger partial charge is 0.507 e. The van der Waals surface area contributed by atoms with E-state index < -0.39 is 0 Å². The third-order valence-corrected chi connectivity index (χ3v) is 2.95. The molecule has 0 aromatic heterocycles. The van der Waals surface area contributed by atoms with Gasteiger partial charge in [0.1, 0.15) is 11.5 Å². The average Bonchev–Trinajstić information content (AvgIpc) is 2.37. The van der Waals surface area contributed by atoms with Gasteiger partial charge in [-0.2, -0.15) is 0 Å². The van der Waals surface area contributed by atoms with Gasteiger partial charge in [0.15, 0.2) is 0 Å². The Labute approximate surface area is 101 Å². The second-order valence-electron chi connectivity index (χ2n) is 4.02. The molecule has 90 valence electrons. The van der Waals surface area contributed by atoms with E-state index in [-0.39, 0.29) is 0 Å². The van der Waals surface area contributed by atoms with Gasteiger partial charge in [-0.15, -0.1) is 0 Å². The molecule has 0 radical (unpaired) electrons. The van der Waals surface area contributed by atoms with E-state index in [1.807, 2.05) is 30.3 Å². The fraction of sp³-hybridized carbons (Fsp3) is 0.286. The molecule has 2 aromatic carbocycles. The van der Waals surface area contributed by atoms with Crippen molar-refractivity contribution in [3.8, 4) is 11.5 Å². The van der Waals surface area contributed by atoms with Crippen molar-refractivity contribution < 1.29 is 9.84 Å². The minimum atomic E-state index is 0.342. The lowest BCUT2D eigenvalue weighted by Gasteiger charge is -2.10. The molecule has 0 atom stereocenters. The van der Waals surface area contributed by atoms with Gasteiger partial charge in [-0.1, -0.05) is 24.3 Å². The van der Waals surface area contributed by atoms with Crippen molar-refractivity contribution in [3.63, 3.8) is 0 Å². The second kappa shape index (κ2) is 5.06. The molecule has 0 aliphatic carbocycles. The molecule has 0 aliphatic rings. The number of rotatable bonds is 4. The SMILES string of the molecule is COc1cccc2c(O)c(CCCN)ccc12. The van der Waals surface area contributed by atoms with Crippen LogP contribution in [0.15, 0.2) is 30.3 Å². The van der Waals surface area contributed by atoms with Gasteiger partial charge in [0, 0.05) is 10.8 Å². The van der Waals surface area contributed by atoms with Crippen molar-refractivity contribution in [2.24, 2.45) is 5.73 Å². The van der Waals surface area contributed by atoms with Crippen molar-refractivity contribution in [2.45, 2.75) is 12.8 Å². The van der Waals surface area contributed by atoms with Gasteiger partial charge in [0.2, 0.25) is 0 Å². The van der Waals surface area contributed by atoms with E-state index >= 15 is 0 Å². The smallest absolute Gasteiger partial charge is 0.126 e. The summed E-state index contributed by atoms with van der Waals surface area (Å²) in [6, 6.07) is 9.60. The van der Waals surface area contributed by atoms with Crippen LogP contribution in [0.25, 0.3) is 10.8 Å². The molecule has 0 amide bonds. The Hall–Kier alpha value is -1.74. The Morgan fingerprint density at radius 3 is 2.71 bits per heavy atom. The summed E-state index contributed by atoms with van der Waals surface area (Å²) in [5.74, 6) is 1.12. The van der Waals surface area contributed by atoms with E-state index in [1.54, 1.807) is 7.11 Å². The third kappa shape index (κ3) is 2.19. The Balaban J connectivity index is 2.52. The highest BCUT2D eigenvalue weighted by molar-refractivity contribution is 5.93. The lowest BCUT2D eigenvalue weighted by atomic mass is 10.0. The average molecular weight is 231 g/mol. The Morgan fingerprint density at radius 2 is 2.00 bits per heavy atom. The minimum Gasteiger partial charge on any atom is -0.507 e. The number of phenols is 1. The fourth-order valence-electron chi connectivity index (χ4n) is 2.03. The van der Waals surface area contributed by atoms with Gasteiger partial charge >= 0.3 is 0 Å². The van der Waals surface area contributed by atoms with Gasteiger partial charge in [-0.05, 0) is 31.0 Å². The maximum Gasteiger partial charge on any atom is 0.126 e. The quantitative estimate of drug-likeness (QED) is 0.849. The van der Waals surface area contributed by atoms with Crippen LogP contribution in [-0.2, 0) is 6.42 Å². The molecular weight excluding hydrogens is 214 g/mol. The molecule has 3 nitrogen and oxygen atoms in total. The summed E-state index contributed by atoms with van der Waals surface area (Å²) in [5, 5.41) is 12.0. The monoisotopic (exact) mass is 231 g/mol. The maximum atomic E-state index is 10.2. The van der Waals surface area contributed by atoms with Crippen LogP contribution in [0.4, 0.5) is 0 Å². The van der Waals surface area contributed by atoms with Crippen molar-refractivity contribution in [2.75, 3.05) is 13.7 Å². The molecule has 0 unspecified atom stereocenters. The molecule has 0 aliphatic heterocycles. The van der Waals surface area contributed by atoms with Crippen molar-refractivity contribution in [1.82, 2.24) is 0 Å². The van der Waals surface area contributed by atoms with Crippen LogP contribution in [0.2, 0.25) is 0 Å². The highest BCUT2D eigenvalue weighted by Gasteiger charge is 2.08. The summed E-state index contributed by atoms with van der Waals surface area (Å²) in [7, 11) is 1.63. The Morgan fingerprint density at radius 1 is 1.18 bits per heavy atom. The predicted octanol–water partition coefficient (Wildman–Crippen LogP) is 2.45. The molecular formula is C14H17NO2. The second-order valence-corrected chi connectivity index (χ2v) is 4.02. The third-order valence-electron chi connectivity index (χ3n) is 2.95. The van der Waals surface area contributed by atoms with E-state index in [0.717, 1.165) is 34.9 Å². The van der Waals surface area contributed by atoms with Crippen LogP contribution in [0.3, 0.4) is 0 Å². The van der Waals surface area contributed by atoms with Crippen LogP contribution in [0.5, 0.6) is 11.5 Å². The first kappa shape index (κ1) is 11.7. The molecule has 3 N–H and O–H groups in total. The first-order valence-corrected chi connectivity index (χ1v) is 5.75. The summed E-state index contributed by atoms with van der Waals surface area (Å²) in [4.78, 5) is 0. The number of hydrogen-bond donors (Lipinski definition) is 2. The lowest BCUT2D eigenvalue weighted by molar-refractivity contribution is 0.419. The molecule has 0 saturated carbocycles. The molecule has 0 heterocycles. The van der Waals surface area contributed by atoms with Crippen LogP contribution < -0.4 is 10.5 Å². The molecule has 17 heavy (non-hydrogen) atoms. The molecule has 0 bridgehead atoms. The number of phenolic OH excluding ortho intramolecular Hbond substituents is 1. The standard InChI is InChI=1S/C14H17NO2/c1-17-13-6-2-5-12-11(13)8-7-10(14(12)16)4-3-9-15/h2,5-8,16H,3-4,9,15H2,1H3. The topological polar surface area (TPSA) is 55.5 Å². The van der Waals surface area contributed by atoms with Gasteiger partial charge in [-0.3, -0.25) is 0 Å². The zero-order chi connectivity index (χ0) is 12.3. The summed E-state index contributed by atoms with van der Waals surface area (Å²) in [5.41, 5.74) is 6.42. The van der Waals surface area contributed by atoms with E-state index in [1.165, 1.54) is 0 Å². The summed E-state index contributed by atoms with van der Waals surface area (Å²) >= 11 is 0. The normalized spacial score (nSPS) is 10.7. The Bertz CT molecular complexity index is 523. The van der Waals surface area contributed by atoms with Crippen LogP contribution >= 0.6 is 0 Å². The summed E-state index contributed by atoms with van der Waals surface area (Å²) < 4.78 is 5.27. The lowest BCUT2D eigenvalue weighted by Crippen LogP contribution is -2.00. The van der Waals surface area contributed by atoms with Gasteiger partial charge < -0.3 is 15.6 Å². The van der Waals surface area contributed by atoms with E-state index in [4.69, 9.17) is 10.5 Å². The van der Waals surface area contributed by atoms with Gasteiger partial charge in [0.05, 0.1) is 7.11 Å². The number of benzene rings is 2. The van der Waals surface area contributed by atoms with E-state index in [0.29, 0.717) is 12.3 Å². The van der Waals surface area contributed by atoms with E-state index in [2.05, 4.69) is 0 Å². The molecule has 0 spiro atoms. The zero-order valence-electron chi connectivity index (χ0n) is 9.94. The number of ether oxygens (including phenoxy) is 1. The summed E-state index contributed by atoms with van der Waals surface area (Å²) in [6.45, 7) is 0.635. The number of aromatic hydroxyl groups is 1. The molecule has 0 fully saturated rings. The first-order chi connectivity index (χ1) is 8.27. The zero-order valence-corrected chi connectivity index (χ0v) is 9.94. The van der Waals surface area contributed by atoms with Gasteiger partial charge in [-0.25, -0.2) is 0 Å². The fourth-order valence-corrected chi connectivity index (χ4v) is 2.03. The number of nitrogens with two attached hydrogens (primary N) is 1. The van der Waals surface area contributed by atoms with Crippen LogP contribution in [-0.4, -0.2) is 18.8 Å². The predicted molar refractivity (Wildman–Crippen MR) is 69.5 cm³/mol. The van der Waals surface area contributed by atoms with Crippen molar-refractivity contribution in [3.05, 3.63) is 35.9 Å². The molecule has 2 rings (SSSR count). The number of aryl methyl sites for hydroxylation is 1. The number of methoxy groups -OCH3 is 1. The highest BCUT2D eigenvalue weighted by atomic mass is 16.5. The molecule has 0 saturated heterocycles. The first-order valence-electron chi connectivity index (χ1n) is 5.75. The summed E-state index contributed by atoms with van der Waals surface area (Å²) in [6.07, 6.45) is 1.68. The number of hydrogen-bond acceptors (Lipinski definition) is 3. The van der Waals surface area contributed by atoms with Crippen LogP contribution in [0, 0.1) is 0 Å². The maximum absolute atomic E-state index is 10.2. The van der Waals surface area contributed by atoms with Crippen molar-refractivity contribution >= 4 is 10.8 Å². The van der Waals surface area contributed by atoms with E-state index in [9.17, 15) is 5.11 Å². The minimum absolute atomic E-state index is 0.342. The van der Waals surface area contributed by atoms with Crippen molar-refractivity contribution in [1.29, 1.82) is 0 Å². The number of fused-ring (bicyclic) bond motifs is 1. The van der Waals surface area contributed by atoms with Gasteiger partial charge in [0.25, 0.3) is 0 Å². The highest BCUT2D eigenvalue weighted by Crippen LogP contribution is 2.34. The molecule has 3 heteroatoms. The molecule has 2 aromatic rings. The Kier molecular flexibility index (Phi) is 3.49. The van der Waals surface area contributed by atoms with Crippen LogP contribution in [0.1, 0.15) is 12.0 Å².